The number of guanidine groups is 2. The Morgan fingerprint density at radius 3 is 0.921 bits per heavy atom. The van der Waals surface area contributed by atoms with Gasteiger partial charge in [-0.1, -0.05) is 55.4 Å². The van der Waals surface area contributed by atoms with Crippen LogP contribution in [0, 0.1) is 23.7 Å². The summed E-state index contributed by atoms with van der Waals surface area (Å²) in [5.74, 6) is -21.7. The Kier molecular flexibility index (Phi) is 49.0. The van der Waals surface area contributed by atoms with Gasteiger partial charge in [0.2, 0.25) is 88.6 Å². The minimum absolute atomic E-state index is 0.0254. The van der Waals surface area contributed by atoms with E-state index in [1.54, 1.807) is 47.8 Å². The van der Waals surface area contributed by atoms with Gasteiger partial charge < -0.3 is 129 Å². The molecule has 0 heterocycles. The Balaban J connectivity index is 7.40. The van der Waals surface area contributed by atoms with Crippen LogP contribution in [0.15, 0.2) is 9.98 Å². The van der Waals surface area contributed by atoms with Crippen molar-refractivity contribution in [3.8, 4) is 0 Å². The van der Waals surface area contributed by atoms with Crippen molar-refractivity contribution >= 4 is 130 Å². The molecule has 0 aliphatic rings. The summed E-state index contributed by atoms with van der Waals surface area (Å²) < 4.78 is 0. The first-order valence-electron chi connectivity index (χ1n) is 37.2. The summed E-state index contributed by atoms with van der Waals surface area (Å²) in [6, 6.07) is -21.0. The van der Waals surface area contributed by atoms with Crippen LogP contribution in [0.1, 0.15) is 172 Å². The van der Waals surface area contributed by atoms with Gasteiger partial charge in [-0.25, -0.2) is 0 Å². The molecule has 0 rings (SSSR count). The highest BCUT2D eigenvalue weighted by Gasteiger charge is 2.39. The second kappa shape index (κ2) is 54.1. The Hall–Kier alpha value is -10.7. The second-order valence-electron chi connectivity index (χ2n) is 28.8. The molecule has 0 unspecified atom stereocenters. The lowest BCUT2D eigenvalue weighted by atomic mass is 9.98. The maximum absolute atomic E-state index is 14.7. The molecule has 0 bridgehead atoms. The van der Waals surface area contributed by atoms with Gasteiger partial charge in [-0.2, -0.15) is 11.8 Å². The Morgan fingerprint density at radius 1 is 0.342 bits per heavy atom. The normalized spacial score (nSPS) is 14.8. The fraction of sp³-hybridized carbons (Fsp3) is 0.710. The number of aliphatic carboxylic acids is 3. The summed E-state index contributed by atoms with van der Waals surface area (Å²) in [6.07, 6.45) is -5.57. The number of thioether (sulfide) groups is 1. The van der Waals surface area contributed by atoms with Crippen molar-refractivity contribution in [3.63, 3.8) is 0 Å². The van der Waals surface area contributed by atoms with Gasteiger partial charge in [-0.05, 0) is 120 Å². The number of rotatable bonds is 58. The van der Waals surface area contributed by atoms with Gasteiger partial charge in [0.15, 0.2) is 11.9 Å². The minimum atomic E-state index is -1.99. The molecule has 0 spiro atoms. The Bertz CT molecular complexity index is 3340. The topological polar surface area (TPSA) is 746 Å². The summed E-state index contributed by atoms with van der Waals surface area (Å²) in [4.78, 5) is 249. The van der Waals surface area contributed by atoms with E-state index in [0.717, 1.165) is 13.8 Å². The molecular formula is C69H121N21O23S. The zero-order valence-electron chi connectivity index (χ0n) is 66.4. The molecule has 44 nitrogen and oxygen atoms in total. The number of hydrogen-bond acceptors (Lipinski definition) is 23. The molecule has 15 amide bonds. The van der Waals surface area contributed by atoms with E-state index >= 15 is 0 Å². The van der Waals surface area contributed by atoms with Crippen LogP contribution in [-0.4, -0.2) is 260 Å². The average Bonchev–Trinajstić information content (AvgIpc) is 0.854. The average molecular weight is 1640 g/mol. The van der Waals surface area contributed by atoms with E-state index in [2.05, 4.69) is 79.1 Å². The highest BCUT2D eigenvalue weighted by atomic mass is 32.2. The number of nitrogens with zero attached hydrogens (tertiary/aromatic N) is 2. The van der Waals surface area contributed by atoms with Crippen LogP contribution in [0.3, 0.4) is 0 Å². The summed E-state index contributed by atoms with van der Waals surface area (Å²) >= 11 is 1.25. The smallest absolute Gasteiger partial charge is 0.303 e. The highest BCUT2D eigenvalue weighted by molar-refractivity contribution is 7.98. The fourth-order valence-electron chi connectivity index (χ4n) is 10.9. The monoisotopic (exact) mass is 1640 g/mol. The molecule has 0 aliphatic carbocycles. The molecule has 646 valence electrons. The van der Waals surface area contributed by atoms with Gasteiger partial charge in [0.25, 0.3) is 0 Å². The van der Waals surface area contributed by atoms with Crippen LogP contribution in [0.5, 0.6) is 0 Å². The van der Waals surface area contributed by atoms with Crippen molar-refractivity contribution in [2.45, 2.75) is 257 Å². The predicted molar refractivity (Wildman–Crippen MR) is 414 cm³/mol. The number of carbonyl (C=O) groups is 18. The number of aliphatic hydroxyl groups is 2. The lowest BCUT2D eigenvalue weighted by Gasteiger charge is -2.30. The molecule has 14 atom stereocenters. The van der Waals surface area contributed by atoms with Crippen molar-refractivity contribution < 1.29 is 112 Å². The second-order valence-corrected chi connectivity index (χ2v) is 29.8. The number of carboxylic acid groups (broad SMARTS) is 3. The van der Waals surface area contributed by atoms with Crippen LogP contribution in [0.4, 0.5) is 0 Å². The predicted octanol–water partition coefficient (Wildman–Crippen LogP) is -7.32. The van der Waals surface area contributed by atoms with Gasteiger partial charge in [0, 0.05) is 45.7 Å². The van der Waals surface area contributed by atoms with Crippen molar-refractivity contribution in [3.05, 3.63) is 0 Å². The van der Waals surface area contributed by atoms with E-state index in [1.807, 2.05) is 0 Å². The third kappa shape index (κ3) is 43.3. The molecule has 0 aromatic heterocycles. The van der Waals surface area contributed by atoms with Crippen LogP contribution < -0.4 is 104 Å². The zero-order valence-corrected chi connectivity index (χ0v) is 67.2. The molecule has 0 aromatic rings. The van der Waals surface area contributed by atoms with Crippen molar-refractivity contribution in [2.24, 2.45) is 68.1 Å². The first-order valence-corrected chi connectivity index (χ1v) is 38.6. The standard InChI is InChI=1S/C69H121N21O23S/c1-32(2)28-45(78-37(10)93)62(108)82-42(18-22-51(97)98)60(106)88-48(31-91)65(111)90-54(36(9)92)67(113)84-40(15-13-26-77-69(74)75)57(103)80-39(14-12-25-76-68(72)73)56(102)83-44(24-27-114-11)61(107)86-46(29-33(3)4)63(109)81-41(16-20-49(70)94)59(105)87-47(30-34(5)6)64(110)89-53(35(7)8)66(112)85-43(19-23-52(99)100)58(104)79-38(55(71)101)17-21-50(95)96/h32-36,38-48,53-54,91-92H,12-31H2,1-11H3,(H2,70,94)(H2,71,101)(H,78,93)(H,79,104)(H,80,103)(H,81,109)(H,82,108)(H,83,102)(H,84,113)(H,85,112)(H,86,107)(H,87,105)(H,88,106)(H,89,110)(H,90,111)(H,95,96)(H,97,98)(H,99,100)(H4,72,73,76)(H4,74,75,77)/t36-,38+,39+,40+,41+,42+,43+,44+,45+,46+,47+,48+,53+,54+/m1/s1. The van der Waals surface area contributed by atoms with E-state index in [1.165, 1.54) is 25.6 Å². The Labute approximate surface area is 665 Å². The van der Waals surface area contributed by atoms with Crippen LogP contribution >= 0.6 is 11.8 Å². The number of hydrogen-bond donors (Lipinski definition) is 24. The molecule has 0 saturated carbocycles. The third-order valence-corrected chi connectivity index (χ3v) is 17.4. The maximum Gasteiger partial charge on any atom is 0.303 e. The number of amides is 15. The fourth-order valence-corrected chi connectivity index (χ4v) is 11.4. The summed E-state index contributed by atoms with van der Waals surface area (Å²) in [7, 11) is 0. The summed E-state index contributed by atoms with van der Waals surface area (Å²) in [5, 5.41) is 81.0. The molecular weight excluding hydrogens is 1520 g/mol. The van der Waals surface area contributed by atoms with Gasteiger partial charge in [-0.15, -0.1) is 0 Å². The lowest BCUT2D eigenvalue weighted by Crippen LogP contribution is -2.62. The van der Waals surface area contributed by atoms with Gasteiger partial charge >= 0.3 is 17.9 Å². The number of nitrogens with one attached hydrogen (secondary N) is 13. The number of primary amides is 2. The van der Waals surface area contributed by atoms with E-state index in [9.17, 15) is 107 Å². The largest absolute Gasteiger partial charge is 0.481 e. The summed E-state index contributed by atoms with van der Waals surface area (Å²) in [5.41, 5.74) is 33.1. The lowest BCUT2D eigenvalue weighted by molar-refractivity contribution is -0.140. The molecule has 0 fully saturated rings. The first-order chi connectivity index (χ1) is 53.1. The van der Waals surface area contributed by atoms with Crippen LogP contribution in [0.2, 0.25) is 0 Å². The third-order valence-electron chi connectivity index (χ3n) is 16.8. The van der Waals surface area contributed by atoms with E-state index in [4.69, 9.17) is 39.5 Å². The van der Waals surface area contributed by atoms with Crippen molar-refractivity contribution in [2.75, 3.05) is 31.7 Å². The van der Waals surface area contributed by atoms with Crippen LogP contribution in [-0.2, 0) is 86.3 Å². The van der Waals surface area contributed by atoms with Gasteiger partial charge in [0.1, 0.15) is 78.5 Å². The SMILES string of the molecule is CSCC[C@H](NC(=O)[C@H](CCCN=C(N)N)NC(=O)[C@H](CCCN=C(N)N)NC(=O)[C@@H](NC(=O)[C@H](CO)NC(=O)[C@H](CCC(=O)O)NC(=O)[C@H](CC(C)C)NC(C)=O)[C@@H](C)O)C(=O)N[C@@H](CC(C)C)C(=O)N[C@@H](CCC(N)=O)C(=O)N[C@@H](CC(C)C)C(=O)N[C@H](C(=O)N[C@@H](CCC(=O)O)C(=O)N[C@@H](CCC(=O)O)C(N)=O)C(C)C. The molecule has 0 aromatic carbocycles. The number of carbonyl (C=O) groups excluding carboxylic acids is 15. The van der Waals surface area contributed by atoms with Gasteiger partial charge in [0.05, 0.1) is 12.7 Å². The number of aliphatic hydroxyl groups excluding tert-OH is 2. The maximum atomic E-state index is 14.7. The Morgan fingerprint density at radius 2 is 0.614 bits per heavy atom. The van der Waals surface area contributed by atoms with E-state index in [0.29, 0.717) is 0 Å². The van der Waals surface area contributed by atoms with Crippen molar-refractivity contribution in [1.29, 1.82) is 0 Å². The van der Waals surface area contributed by atoms with E-state index in [-0.39, 0.29) is 99.9 Å². The first kappa shape index (κ1) is 103. The summed E-state index contributed by atoms with van der Waals surface area (Å²) in [6.45, 7) is 14.0. The molecule has 0 saturated heterocycles. The number of carboxylic acids is 3. The molecule has 0 radical (unpaired) electrons. The zero-order chi connectivity index (χ0) is 87.4. The van der Waals surface area contributed by atoms with Crippen molar-refractivity contribution in [1.82, 2.24) is 69.1 Å². The van der Waals surface area contributed by atoms with Crippen LogP contribution in [0.25, 0.3) is 0 Å². The number of aliphatic imine (C=N–C) groups is 2. The molecule has 0 aliphatic heterocycles. The quantitative estimate of drug-likeness (QED) is 0.0153. The highest BCUT2D eigenvalue weighted by Crippen LogP contribution is 2.16. The molecule has 45 heteroatoms. The molecule has 30 N–H and O–H groups in total. The minimum Gasteiger partial charge on any atom is -0.481 e. The number of nitrogens with two attached hydrogens (primary N) is 6. The van der Waals surface area contributed by atoms with Gasteiger partial charge in [-0.3, -0.25) is 96.3 Å². The van der Waals surface area contributed by atoms with E-state index < -0.39 is 255 Å². The molecule has 114 heavy (non-hydrogen) atoms.